The largest absolute Gasteiger partial charge is 0.273 e. The summed E-state index contributed by atoms with van der Waals surface area (Å²) in [4.78, 5) is 12.3. The van der Waals surface area contributed by atoms with Gasteiger partial charge in [-0.05, 0) is 25.0 Å². The van der Waals surface area contributed by atoms with Crippen LogP contribution >= 0.6 is 0 Å². The minimum atomic E-state index is 0.227. The fourth-order valence-corrected chi connectivity index (χ4v) is 3.02. The summed E-state index contributed by atoms with van der Waals surface area (Å²) in [5, 5.41) is 3.96. The highest BCUT2D eigenvalue weighted by Crippen LogP contribution is 2.39. The Morgan fingerprint density at radius 2 is 1.94 bits per heavy atom. The van der Waals surface area contributed by atoms with Gasteiger partial charge in [0.25, 0.3) is 0 Å². The zero-order valence-corrected chi connectivity index (χ0v) is 9.47. The lowest BCUT2D eigenvalue weighted by Crippen LogP contribution is -2.39. The lowest BCUT2D eigenvalue weighted by atomic mass is 10.1. The number of anilines is 1. The van der Waals surface area contributed by atoms with Gasteiger partial charge in [0.1, 0.15) is 0 Å². The molecule has 2 aliphatic rings. The molecule has 0 spiro atoms. The molecule has 1 saturated carbocycles. The number of rotatable bonds is 1. The van der Waals surface area contributed by atoms with Crippen LogP contribution in [0.1, 0.15) is 19.3 Å². The van der Waals surface area contributed by atoms with Gasteiger partial charge in [0, 0.05) is 13.1 Å². The number of para-hydroxylation sites is 1. The molecule has 3 nitrogen and oxygen atoms in total. The first-order valence-corrected chi connectivity index (χ1v) is 5.91. The monoisotopic (exact) mass is 216 g/mol. The summed E-state index contributed by atoms with van der Waals surface area (Å²) in [7, 11) is 2.03. The van der Waals surface area contributed by atoms with Crippen molar-refractivity contribution in [2.75, 3.05) is 12.1 Å². The number of amides is 1. The van der Waals surface area contributed by atoms with Gasteiger partial charge < -0.3 is 0 Å². The van der Waals surface area contributed by atoms with Gasteiger partial charge in [0.15, 0.2) is 0 Å². The number of hydrogen-bond acceptors (Lipinski definition) is 2. The van der Waals surface area contributed by atoms with Gasteiger partial charge >= 0.3 is 0 Å². The summed E-state index contributed by atoms with van der Waals surface area (Å²) in [6.07, 6.45) is 3.39. The van der Waals surface area contributed by atoms with E-state index in [1.807, 2.05) is 42.4 Å². The van der Waals surface area contributed by atoms with Gasteiger partial charge in [0.2, 0.25) is 5.91 Å². The average molecular weight is 216 g/mol. The van der Waals surface area contributed by atoms with Crippen LogP contribution in [0.3, 0.4) is 0 Å². The van der Waals surface area contributed by atoms with Crippen LogP contribution in [0.2, 0.25) is 0 Å². The fourth-order valence-electron chi connectivity index (χ4n) is 3.02. The average Bonchev–Trinajstić information content (AvgIpc) is 2.86. The molecular formula is C13H16N2O. The van der Waals surface area contributed by atoms with Gasteiger partial charge in [-0.2, -0.15) is 0 Å². The van der Waals surface area contributed by atoms with Gasteiger partial charge in [0.05, 0.1) is 11.6 Å². The lowest BCUT2D eigenvalue weighted by Gasteiger charge is -2.27. The molecule has 1 aliphatic heterocycles. The molecule has 2 fully saturated rings. The van der Waals surface area contributed by atoms with Crippen molar-refractivity contribution in [1.82, 2.24) is 5.01 Å². The molecule has 1 aromatic rings. The maximum Gasteiger partial charge on any atom is 0.246 e. The Morgan fingerprint density at radius 1 is 1.19 bits per heavy atom. The number of hydrogen-bond donors (Lipinski definition) is 0. The maximum absolute atomic E-state index is 12.3. The molecule has 1 heterocycles. The maximum atomic E-state index is 12.3. The second-order valence-corrected chi connectivity index (χ2v) is 4.66. The van der Waals surface area contributed by atoms with Crippen LogP contribution in [-0.2, 0) is 4.79 Å². The minimum Gasteiger partial charge on any atom is -0.273 e. The van der Waals surface area contributed by atoms with E-state index < -0.39 is 0 Å². The first-order chi connectivity index (χ1) is 7.79. The van der Waals surface area contributed by atoms with Crippen LogP contribution in [0.15, 0.2) is 30.3 Å². The van der Waals surface area contributed by atoms with Crippen molar-refractivity contribution in [3.05, 3.63) is 30.3 Å². The number of carbonyl (C=O) groups excluding carboxylic acids is 1. The molecular weight excluding hydrogens is 200 g/mol. The SMILES string of the molecule is CN1C2CCCC2C(=O)N1c1ccccc1. The highest BCUT2D eigenvalue weighted by atomic mass is 16.2. The predicted molar refractivity (Wildman–Crippen MR) is 62.8 cm³/mol. The molecule has 0 bridgehead atoms. The van der Waals surface area contributed by atoms with E-state index in [0.717, 1.165) is 18.5 Å². The van der Waals surface area contributed by atoms with Gasteiger partial charge in [-0.25, -0.2) is 10.0 Å². The zero-order valence-electron chi connectivity index (χ0n) is 9.47. The lowest BCUT2D eigenvalue weighted by molar-refractivity contribution is -0.120. The highest BCUT2D eigenvalue weighted by molar-refractivity contribution is 5.97. The fraction of sp³-hybridized carbons (Fsp3) is 0.462. The van der Waals surface area contributed by atoms with Crippen LogP contribution in [0, 0.1) is 5.92 Å². The Balaban J connectivity index is 1.95. The van der Waals surface area contributed by atoms with E-state index in [1.54, 1.807) is 0 Å². The normalized spacial score (nSPS) is 29.8. The molecule has 3 rings (SSSR count). The van der Waals surface area contributed by atoms with Gasteiger partial charge in [-0.15, -0.1) is 0 Å². The molecule has 0 N–H and O–H groups in total. The van der Waals surface area contributed by atoms with E-state index in [4.69, 9.17) is 0 Å². The summed E-state index contributed by atoms with van der Waals surface area (Å²) >= 11 is 0. The smallest absolute Gasteiger partial charge is 0.246 e. The molecule has 1 saturated heterocycles. The molecule has 16 heavy (non-hydrogen) atoms. The molecule has 0 aromatic heterocycles. The molecule has 3 heteroatoms. The van der Waals surface area contributed by atoms with Crippen LogP contribution < -0.4 is 5.01 Å². The van der Waals surface area contributed by atoms with E-state index in [2.05, 4.69) is 5.01 Å². The second-order valence-electron chi connectivity index (χ2n) is 4.66. The Labute approximate surface area is 95.6 Å². The van der Waals surface area contributed by atoms with Crippen LogP contribution in [0.4, 0.5) is 5.69 Å². The van der Waals surface area contributed by atoms with E-state index in [0.29, 0.717) is 6.04 Å². The number of benzene rings is 1. The molecule has 84 valence electrons. The van der Waals surface area contributed by atoms with E-state index >= 15 is 0 Å². The minimum absolute atomic E-state index is 0.227. The van der Waals surface area contributed by atoms with E-state index in [-0.39, 0.29) is 11.8 Å². The van der Waals surface area contributed by atoms with Crippen LogP contribution in [0.25, 0.3) is 0 Å². The second kappa shape index (κ2) is 3.59. The number of nitrogens with zero attached hydrogens (tertiary/aromatic N) is 2. The van der Waals surface area contributed by atoms with Gasteiger partial charge in [-0.3, -0.25) is 4.79 Å². The van der Waals surface area contributed by atoms with Crippen molar-refractivity contribution in [2.24, 2.45) is 5.92 Å². The zero-order chi connectivity index (χ0) is 11.1. The molecule has 1 aliphatic carbocycles. The van der Waals surface area contributed by atoms with Crippen LogP contribution in [-0.4, -0.2) is 24.0 Å². The summed E-state index contributed by atoms with van der Waals surface area (Å²) in [5.74, 6) is 0.501. The third kappa shape index (κ3) is 1.28. The summed E-state index contributed by atoms with van der Waals surface area (Å²) in [6.45, 7) is 0. The highest BCUT2D eigenvalue weighted by Gasteiger charge is 2.47. The number of hydrazine groups is 1. The quantitative estimate of drug-likeness (QED) is 0.717. The van der Waals surface area contributed by atoms with Crippen molar-refractivity contribution < 1.29 is 4.79 Å². The van der Waals surface area contributed by atoms with Crippen LogP contribution in [0.5, 0.6) is 0 Å². The van der Waals surface area contributed by atoms with Crippen molar-refractivity contribution >= 4 is 11.6 Å². The van der Waals surface area contributed by atoms with E-state index in [9.17, 15) is 4.79 Å². The third-order valence-electron chi connectivity index (χ3n) is 3.80. The standard InChI is InChI=1S/C13H16N2O/c1-14-12-9-5-8-11(12)13(16)15(14)10-6-3-2-4-7-10/h2-4,6-7,11-12H,5,8-9H2,1H3. The van der Waals surface area contributed by atoms with Crippen molar-refractivity contribution in [2.45, 2.75) is 25.3 Å². The number of fused-ring (bicyclic) bond motifs is 1. The first-order valence-electron chi connectivity index (χ1n) is 5.91. The van der Waals surface area contributed by atoms with Crippen molar-refractivity contribution in [3.63, 3.8) is 0 Å². The summed E-state index contributed by atoms with van der Waals surface area (Å²) in [6, 6.07) is 10.3. The Bertz CT molecular complexity index is 404. The molecule has 1 aromatic carbocycles. The van der Waals surface area contributed by atoms with Crippen molar-refractivity contribution in [3.8, 4) is 0 Å². The molecule has 1 amide bonds. The molecule has 0 radical (unpaired) electrons. The van der Waals surface area contributed by atoms with Crippen molar-refractivity contribution in [1.29, 1.82) is 0 Å². The Hall–Kier alpha value is -1.35. The Kier molecular flexibility index (Phi) is 2.21. The first kappa shape index (κ1) is 9.85. The van der Waals surface area contributed by atoms with Gasteiger partial charge in [-0.1, -0.05) is 24.6 Å². The molecule has 2 atom stereocenters. The number of carbonyl (C=O) groups is 1. The Morgan fingerprint density at radius 3 is 2.62 bits per heavy atom. The topological polar surface area (TPSA) is 23.6 Å². The summed E-state index contributed by atoms with van der Waals surface area (Å²) in [5.41, 5.74) is 0.990. The third-order valence-corrected chi connectivity index (χ3v) is 3.80. The molecule has 2 unspecified atom stereocenters. The predicted octanol–water partition coefficient (Wildman–Crippen LogP) is 2.05. The summed E-state index contributed by atoms with van der Waals surface area (Å²) < 4.78 is 0. The van der Waals surface area contributed by atoms with E-state index in [1.165, 1.54) is 6.42 Å².